The number of benzene rings is 1. The molecule has 0 unspecified atom stereocenters. The van der Waals surface area contributed by atoms with Crippen LogP contribution < -0.4 is 4.74 Å². The van der Waals surface area contributed by atoms with Crippen LogP contribution in [-0.2, 0) is 0 Å². The van der Waals surface area contributed by atoms with Gasteiger partial charge >= 0.3 is 0 Å². The summed E-state index contributed by atoms with van der Waals surface area (Å²) in [7, 11) is 0. The Hall–Kier alpha value is -1.68. The molecule has 0 saturated carbocycles. The summed E-state index contributed by atoms with van der Waals surface area (Å²) in [6.45, 7) is 5.17. The Labute approximate surface area is 143 Å². The molecule has 0 fully saturated rings. The van der Waals surface area contributed by atoms with Crippen LogP contribution in [0.1, 0.15) is 45.1 Å². The zero-order chi connectivity index (χ0) is 16.3. The first-order chi connectivity index (χ1) is 11.4. The van der Waals surface area contributed by atoms with E-state index in [1.54, 1.807) is 0 Å². The number of para-hydroxylation sites is 1. The summed E-state index contributed by atoms with van der Waals surface area (Å²) in [6, 6.07) is 8.26. The van der Waals surface area contributed by atoms with Crippen LogP contribution in [0, 0.1) is 0 Å². The van der Waals surface area contributed by atoms with Crippen molar-refractivity contribution in [3.63, 3.8) is 0 Å². The number of unbranched alkanes of at least 4 members (excludes halogenated alkanes) is 2. The number of rotatable bonds is 10. The Bertz CT molecular complexity index is 593. The molecule has 0 saturated heterocycles. The van der Waals surface area contributed by atoms with E-state index in [9.17, 15) is 0 Å². The number of ether oxygens (including phenoxy) is 1. The molecular formula is C19H26N2OS. The minimum absolute atomic E-state index is 0.768. The van der Waals surface area contributed by atoms with Crippen LogP contribution in [0.3, 0.4) is 0 Å². The summed E-state index contributed by atoms with van der Waals surface area (Å²) >= 11 is 1.83. The van der Waals surface area contributed by atoms with Gasteiger partial charge in [0.15, 0.2) is 0 Å². The van der Waals surface area contributed by atoms with Gasteiger partial charge in [-0.1, -0.05) is 38.8 Å². The summed E-state index contributed by atoms with van der Waals surface area (Å²) in [6.07, 6.45) is 10.3. The molecule has 0 aliphatic heterocycles. The van der Waals surface area contributed by atoms with Crippen molar-refractivity contribution in [3.8, 4) is 5.75 Å². The second kappa shape index (κ2) is 10.2. The van der Waals surface area contributed by atoms with Gasteiger partial charge in [0.2, 0.25) is 0 Å². The SMILES string of the molecule is CCCCCOc1ccccc1/C(=C\SCCC)n1ccnc1. The standard InChI is InChI=1S/C19H26N2OS/c1-3-5-8-13-22-19-10-7-6-9-17(19)18(15-23-14-4-2)21-12-11-20-16-21/h6-7,9-12,15-16H,3-5,8,13-14H2,1-2H3/b18-15+. The van der Waals surface area contributed by atoms with Crippen molar-refractivity contribution >= 4 is 17.5 Å². The lowest BCUT2D eigenvalue weighted by atomic mass is 10.1. The molecule has 0 amide bonds. The maximum Gasteiger partial charge on any atom is 0.128 e. The lowest BCUT2D eigenvalue weighted by molar-refractivity contribution is 0.305. The number of imidazole rings is 1. The van der Waals surface area contributed by atoms with E-state index < -0.39 is 0 Å². The van der Waals surface area contributed by atoms with E-state index in [0.29, 0.717) is 0 Å². The number of thioether (sulfide) groups is 1. The van der Waals surface area contributed by atoms with Crippen LogP contribution in [0.2, 0.25) is 0 Å². The van der Waals surface area contributed by atoms with E-state index >= 15 is 0 Å². The first kappa shape index (κ1) is 17.7. The summed E-state index contributed by atoms with van der Waals surface area (Å²) in [5, 5.41) is 2.21. The number of nitrogens with zero attached hydrogens (tertiary/aromatic N) is 2. The molecule has 124 valence electrons. The van der Waals surface area contributed by atoms with Gasteiger partial charge in [0.25, 0.3) is 0 Å². The molecule has 4 heteroatoms. The predicted octanol–water partition coefficient (Wildman–Crippen LogP) is 5.44. The van der Waals surface area contributed by atoms with Crippen molar-refractivity contribution in [2.45, 2.75) is 39.5 Å². The van der Waals surface area contributed by atoms with E-state index in [0.717, 1.165) is 42.2 Å². The molecular weight excluding hydrogens is 304 g/mol. The average Bonchev–Trinajstić information content (AvgIpc) is 3.11. The third-order valence-electron chi connectivity index (χ3n) is 3.47. The molecule has 1 aromatic carbocycles. The van der Waals surface area contributed by atoms with E-state index in [1.165, 1.54) is 12.8 Å². The summed E-state index contributed by atoms with van der Waals surface area (Å²) in [5.74, 6) is 2.05. The quantitative estimate of drug-likeness (QED) is 0.543. The predicted molar refractivity (Wildman–Crippen MR) is 99.8 cm³/mol. The summed E-state index contributed by atoms with van der Waals surface area (Å²) in [5.41, 5.74) is 2.23. The summed E-state index contributed by atoms with van der Waals surface area (Å²) in [4.78, 5) is 4.19. The average molecular weight is 330 g/mol. The minimum atomic E-state index is 0.768. The summed E-state index contributed by atoms with van der Waals surface area (Å²) < 4.78 is 8.09. The highest BCUT2D eigenvalue weighted by atomic mass is 32.2. The van der Waals surface area contributed by atoms with Crippen molar-refractivity contribution in [1.29, 1.82) is 0 Å². The van der Waals surface area contributed by atoms with Gasteiger partial charge < -0.3 is 9.30 Å². The van der Waals surface area contributed by atoms with Crippen molar-refractivity contribution in [3.05, 3.63) is 54.0 Å². The zero-order valence-electron chi connectivity index (χ0n) is 14.1. The van der Waals surface area contributed by atoms with Gasteiger partial charge in [-0.3, -0.25) is 0 Å². The van der Waals surface area contributed by atoms with Crippen molar-refractivity contribution in [2.75, 3.05) is 12.4 Å². The lowest BCUT2D eigenvalue weighted by Gasteiger charge is -2.15. The Morgan fingerprint density at radius 1 is 1.22 bits per heavy atom. The molecule has 3 nitrogen and oxygen atoms in total. The molecule has 1 aromatic heterocycles. The van der Waals surface area contributed by atoms with Crippen LogP contribution in [0.4, 0.5) is 0 Å². The fourth-order valence-corrected chi connectivity index (χ4v) is 3.02. The lowest BCUT2D eigenvalue weighted by Crippen LogP contribution is -2.03. The number of hydrogen-bond acceptors (Lipinski definition) is 3. The van der Waals surface area contributed by atoms with Crippen molar-refractivity contribution in [2.24, 2.45) is 0 Å². The van der Waals surface area contributed by atoms with Gasteiger partial charge in [-0.2, -0.15) is 0 Å². The van der Waals surface area contributed by atoms with Gasteiger partial charge in [-0.25, -0.2) is 4.98 Å². The second-order valence-electron chi connectivity index (χ2n) is 5.40. The first-order valence-corrected chi connectivity index (χ1v) is 9.44. The normalized spacial score (nSPS) is 11.7. The maximum absolute atomic E-state index is 6.04. The van der Waals surface area contributed by atoms with Gasteiger partial charge in [0, 0.05) is 18.0 Å². The largest absolute Gasteiger partial charge is 0.493 e. The van der Waals surface area contributed by atoms with Crippen LogP contribution in [0.25, 0.3) is 5.70 Å². The number of aromatic nitrogens is 2. The highest BCUT2D eigenvalue weighted by molar-refractivity contribution is 8.02. The number of hydrogen-bond donors (Lipinski definition) is 0. The maximum atomic E-state index is 6.04. The van der Waals surface area contributed by atoms with Crippen LogP contribution in [-0.4, -0.2) is 21.9 Å². The molecule has 0 N–H and O–H groups in total. The first-order valence-electron chi connectivity index (χ1n) is 8.39. The zero-order valence-corrected chi connectivity index (χ0v) is 14.9. The highest BCUT2D eigenvalue weighted by Crippen LogP contribution is 2.29. The second-order valence-corrected chi connectivity index (χ2v) is 6.37. The third kappa shape index (κ3) is 5.47. The monoisotopic (exact) mass is 330 g/mol. The molecule has 23 heavy (non-hydrogen) atoms. The van der Waals surface area contributed by atoms with Crippen LogP contribution in [0.5, 0.6) is 5.75 Å². The Balaban J connectivity index is 2.22. The minimum Gasteiger partial charge on any atom is -0.493 e. The fourth-order valence-electron chi connectivity index (χ4n) is 2.26. The van der Waals surface area contributed by atoms with Gasteiger partial charge in [-0.15, -0.1) is 11.8 Å². The molecule has 1 heterocycles. The van der Waals surface area contributed by atoms with Crippen LogP contribution >= 0.6 is 11.8 Å². The molecule has 2 aromatic rings. The van der Waals surface area contributed by atoms with E-state index in [4.69, 9.17) is 4.74 Å². The molecule has 0 atom stereocenters. The highest BCUT2D eigenvalue weighted by Gasteiger charge is 2.10. The van der Waals surface area contributed by atoms with E-state index in [2.05, 4.69) is 47.0 Å². The van der Waals surface area contributed by atoms with Crippen molar-refractivity contribution in [1.82, 2.24) is 9.55 Å². The van der Waals surface area contributed by atoms with Crippen molar-refractivity contribution < 1.29 is 4.74 Å². The van der Waals surface area contributed by atoms with Gasteiger partial charge in [0.05, 0.1) is 18.6 Å². The smallest absolute Gasteiger partial charge is 0.128 e. The fraction of sp³-hybridized carbons (Fsp3) is 0.421. The van der Waals surface area contributed by atoms with Crippen LogP contribution in [0.15, 0.2) is 48.4 Å². The third-order valence-corrected chi connectivity index (χ3v) is 4.50. The Morgan fingerprint density at radius 3 is 2.83 bits per heavy atom. The van der Waals surface area contributed by atoms with E-state index in [1.807, 2.05) is 36.5 Å². The molecule has 0 aliphatic carbocycles. The van der Waals surface area contributed by atoms with E-state index in [-0.39, 0.29) is 0 Å². The Morgan fingerprint density at radius 2 is 2.09 bits per heavy atom. The topological polar surface area (TPSA) is 27.1 Å². The molecule has 0 aliphatic rings. The molecule has 0 spiro atoms. The molecule has 0 bridgehead atoms. The Kier molecular flexibility index (Phi) is 7.81. The van der Waals surface area contributed by atoms with Gasteiger partial charge in [0.1, 0.15) is 5.75 Å². The van der Waals surface area contributed by atoms with Gasteiger partial charge in [-0.05, 0) is 36.1 Å². The molecule has 2 rings (SSSR count). The molecule has 0 radical (unpaired) electrons.